The van der Waals surface area contributed by atoms with Crippen LogP contribution in [0.1, 0.15) is 19.3 Å². The summed E-state index contributed by atoms with van der Waals surface area (Å²) in [6.45, 7) is 1.79. The van der Waals surface area contributed by atoms with Crippen molar-refractivity contribution in [2.45, 2.75) is 19.3 Å². The van der Waals surface area contributed by atoms with Crippen molar-refractivity contribution in [3.63, 3.8) is 0 Å². The molecular weight excluding hydrogens is 170 g/mol. The first-order valence-corrected chi connectivity index (χ1v) is 4.61. The molecule has 4 heteroatoms. The van der Waals surface area contributed by atoms with E-state index >= 15 is 0 Å². The van der Waals surface area contributed by atoms with Crippen LogP contribution < -0.4 is 5.73 Å². The summed E-state index contributed by atoms with van der Waals surface area (Å²) >= 11 is 0. The van der Waals surface area contributed by atoms with Crippen LogP contribution in [-0.4, -0.2) is 32.8 Å². The number of hydrogen-bond acceptors (Lipinski definition) is 4. The van der Waals surface area contributed by atoms with Crippen LogP contribution in [0.3, 0.4) is 0 Å². The van der Waals surface area contributed by atoms with Crippen LogP contribution in [-0.2, 0) is 14.3 Å². The van der Waals surface area contributed by atoms with E-state index < -0.39 is 0 Å². The second-order valence-corrected chi connectivity index (χ2v) is 3.42. The van der Waals surface area contributed by atoms with Gasteiger partial charge < -0.3 is 15.2 Å². The quantitative estimate of drug-likeness (QED) is 0.646. The van der Waals surface area contributed by atoms with E-state index in [0.29, 0.717) is 26.2 Å². The third-order valence-electron chi connectivity index (χ3n) is 2.69. The molecule has 0 aromatic rings. The largest absolute Gasteiger partial charge is 0.469 e. The first-order valence-electron chi connectivity index (χ1n) is 4.61. The van der Waals surface area contributed by atoms with Gasteiger partial charge in [-0.15, -0.1) is 0 Å². The minimum absolute atomic E-state index is 0.138. The second-order valence-electron chi connectivity index (χ2n) is 3.42. The van der Waals surface area contributed by atoms with Crippen LogP contribution in [0.2, 0.25) is 0 Å². The van der Waals surface area contributed by atoms with Gasteiger partial charge in [-0.1, -0.05) is 0 Å². The number of ether oxygens (including phenoxy) is 2. The van der Waals surface area contributed by atoms with Crippen LogP contribution in [0.5, 0.6) is 0 Å². The summed E-state index contributed by atoms with van der Waals surface area (Å²) in [5.41, 5.74) is 5.12. The van der Waals surface area contributed by atoms with Gasteiger partial charge in [0.15, 0.2) is 0 Å². The van der Waals surface area contributed by atoms with Crippen molar-refractivity contribution < 1.29 is 14.3 Å². The van der Waals surface area contributed by atoms with Crippen molar-refractivity contribution in [1.82, 2.24) is 0 Å². The van der Waals surface area contributed by atoms with Gasteiger partial charge in [0.05, 0.1) is 12.5 Å². The minimum Gasteiger partial charge on any atom is -0.469 e. The van der Waals surface area contributed by atoms with Gasteiger partial charge in [0.25, 0.3) is 0 Å². The molecule has 13 heavy (non-hydrogen) atoms. The zero-order valence-corrected chi connectivity index (χ0v) is 8.04. The molecule has 1 heterocycles. The molecule has 0 radical (unpaired) electrons. The lowest BCUT2D eigenvalue weighted by Crippen LogP contribution is -2.39. The minimum atomic E-state index is -0.373. The normalized spacial score (nSPS) is 21.1. The number of carbonyl (C=O) groups excluding carboxylic acids is 1. The summed E-state index contributed by atoms with van der Waals surface area (Å²) in [6.07, 6.45) is 2.16. The Morgan fingerprint density at radius 1 is 1.54 bits per heavy atom. The van der Waals surface area contributed by atoms with Crippen molar-refractivity contribution >= 4 is 5.97 Å². The molecule has 1 saturated heterocycles. The van der Waals surface area contributed by atoms with Crippen molar-refractivity contribution in [1.29, 1.82) is 0 Å². The Morgan fingerprint density at radius 2 is 2.15 bits per heavy atom. The van der Waals surface area contributed by atoms with E-state index in [-0.39, 0.29) is 11.4 Å². The second kappa shape index (κ2) is 4.58. The molecule has 0 aromatic heterocycles. The van der Waals surface area contributed by atoms with Crippen LogP contribution in [0, 0.1) is 5.41 Å². The Labute approximate surface area is 78.4 Å². The molecule has 1 aliphatic rings. The van der Waals surface area contributed by atoms with Crippen molar-refractivity contribution in [3.8, 4) is 0 Å². The van der Waals surface area contributed by atoms with Crippen molar-refractivity contribution in [3.05, 3.63) is 0 Å². The molecule has 76 valence electrons. The lowest BCUT2D eigenvalue weighted by Gasteiger charge is -2.33. The Kier molecular flexibility index (Phi) is 3.69. The predicted molar refractivity (Wildman–Crippen MR) is 48.2 cm³/mol. The van der Waals surface area contributed by atoms with Gasteiger partial charge in [-0.3, -0.25) is 4.79 Å². The Hall–Kier alpha value is -0.610. The molecule has 0 atom stereocenters. The van der Waals surface area contributed by atoms with E-state index in [9.17, 15) is 4.79 Å². The zero-order chi connectivity index (χ0) is 9.73. The highest BCUT2D eigenvalue weighted by atomic mass is 16.5. The molecule has 0 bridgehead atoms. The van der Waals surface area contributed by atoms with E-state index in [0.717, 1.165) is 12.8 Å². The lowest BCUT2D eigenvalue weighted by atomic mass is 9.77. The van der Waals surface area contributed by atoms with E-state index in [1.54, 1.807) is 0 Å². The van der Waals surface area contributed by atoms with Gasteiger partial charge in [0, 0.05) is 13.2 Å². The summed E-state index contributed by atoms with van der Waals surface area (Å²) in [5.74, 6) is -0.138. The third kappa shape index (κ3) is 2.19. The Bertz CT molecular complexity index is 170. The van der Waals surface area contributed by atoms with Crippen molar-refractivity contribution in [2.75, 3.05) is 26.9 Å². The van der Waals surface area contributed by atoms with Crippen LogP contribution in [0.25, 0.3) is 0 Å². The van der Waals surface area contributed by atoms with Gasteiger partial charge in [-0.2, -0.15) is 0 Å². The SMILES string of the molecule is COC(=O)C1(CCN)CCOCC1. The van der Waals surface area contributed by atoms with Gasteiger partial charge >= 0.3 is 5.97 Å². The van der Waals surface area contributed by atoms with Gasteiger partial charge in [0.2, 0.25) is 0 Å². The number of methoxy groups -OCH3 is 1. The monoisotopic (exact) mass is 187 g/mol. The lowest BCUT2D eigenvalue weighted by molar-refractivity contribution is -0.159. The van der Waals surface area contributed by atoms with Crippen LogP contribution in [0.15, 0.2) is 0 Å². The number of nitrogens with two attached hydrogens (primary N) is 1. The first kappa shape index (κ1) is 10.5. The molecule has 0 spiro atoms. The highest BCUT2D eigenvalue weighted by Gasteiger charge is 2.40. The maximum absolute atomic E-state index is 11.5. The molecule has 1 aliphatic heterocycles. The number of rotatable bonds is 3. The third-order valence-corrected chi connectivity index (χ3v) is 2.69. The highest BCUT2D eigenvalue weighted by molar-refractivity contribution is 5.76. The molecule has 0 unspecified atom stereocenters. The predicted octanol–water partition coefficient (Wildman–Crippen LogP) is 0.305. The zero-order valence-electron chi connectivity index (χ0n) is 8.04. The molecule has 1 rings (SSSR count). The number of esters is 1. The average Bonchev–Trinajstić information content (AvgIpc) is 2.18. The molecular formula is C9H17NO3. The molecule has 0 amide bonds. The summed E-state index contributed by atoms with van der Waals surface area (Å²) in [6, 6.07) is 0. The smallest absolute Gasteiger partial charge is 0.312 e. The molecule has 0 saturated carbocycles. The summed E-state index contributed by atoms with van der Waals surface area (Å²) < 4.78 is 10.0. The summed E-state index contributed by atoms with van der Waals surface area (Å²) in [4.78, 5) is 11.5. The van der Waals surface area contributed by atoms with Gasteiger partial charge in [-0.05, 0) is 25.8 Å². The fourth-order valence-corrected chi connectivity index (χ4v) is 1.81. The van der Waals surface area contributed by atoms with E-state index in [2.05, 4.69) is 0 Å². The molecule has 4 nitrogen and oxygen atoms in total. The van der Waals surface area contributed by atoms with Crippen molar-refractivity contribution in [2.24, 2.45) is 11.1 Å². The fourth-order valence-electron chi connectivity index (χ4n) is 1.81. The van der Waals surface area contributed by atoms with Crippen LogP contribution in [0.4, 0.5) is 0 Å². The van der Waals surface area contributed by atoms with Gasteiger partial charge in [0.1, 0.15) is 0 Å². The molecule has 0 aromatic carbocycles. The van der Waals surface area contributed by atoms with Crippen LogP contribution >= 0.6 is 0 Å². The molecule has 2 N–H and O–H groups in total. The van der Waals surface area contributed by atoms with E-state index in [1.807, 2.05) is 0 Å². The Balaban J connectivity index is 2.66. The molecule has 1 fully saturated rings. The Morgan fingerprint density at radius 3 is 2.62 bits per heavy atom. The van der Waals surface area contributed by atoms with E-state index in [1.165, 1.54) is 7.11 Å². The fraction of sp³-hybridized carbons (Fsp3) is 0.889. The first-order chi connectivity index (χ1) is 6.25. The standard InChI is InChI=1S/C9H17NO3/c1-12-8(11)9(2-5-10)3-6-13-7-4-9/h2-7,10H2,1H3. The maximum Gasteiger partial charge on any atom is 0.312 e. The van der Waals surface area contributed by atoms with E-state index in [4.69, 9.17) is 15.2 Å². The maximum atomic E-state index is 11.5. The number of hydrogen-bond donors (Lipinski definition) is 1. The summed E-state index contributed by atoms with van der Waals surface area (Å²) in [7, 11) is 1.43. The highest BCUT2D eigenvalue weighted by Crippen LogP contribution is 2.34. The topological polar surface area (TPSA) is 61.5 Å². The molecule has 0 aliphatic carbocycles. The van der Waals surface area contributed by atoms with Gasteiger partial charge in [-0.25, -0.2) is 0 Å². The number of carbonyl (C=O) groups is 1. The summed E-state index contributed by atoms with van der Waals surface area (Å²) in [5, 5.41) is 0. The average molecular weight is 187 g/mol.